The monoisotopic (exact) mass is 189 g/mol. The predicted octanol–water partition coefficient (Wildman–Crippen LogP) is 1.40. The third kappa shape index (κ3) is 0.907. The summed E-state index contributed by atoms with van der Waals surface area (Å²) in [6.45, 7) is 1.74. The lowest BCUT2D eigenvalue weighted by Gasteiger charge is -2.04. The second-order valence-corrected chi connectivity index (χ2v) is 3.48. The Hall–Kier alpha value is -1.71. The molecule has 1 aliphatic rings. The SMILES string of the molecule is Nc1ncc2c3c1ccn3CCCO2. The third-order valence-corrected chi connectivity index (χ3v) is 2.59. The maximum absolute atomic E-state index is 5.79. The maximum Gasteiger partial charge on any atom is 0.161 e. The largest absolute Gasteiger partial charge is 0.490 e. The molecule has 0 saturated carbocycles. The van der Waals surface area contributed by atoms with E-state index in [-0.39, 0.29) is 0 Å². The van der Waals surface area contributed by atoms with Gasteiger partial charge < -0.3 is 15.0 Å². The Kier molecular flexibility index (Phi) is 1.45. The molecule has 0 radical (unpaired) electrons. The summed E-state index contributed by atoms with van der Waals surface area (Å²) in [6.07, 6.45) is 4.78. The van der Waals surface area contributed by atoms with Crippen LogP contribution in [0.5, 0.6) is 5.75 Å². The number of rotatable bonds is 0. The zero-order valence-electron chi connectivity index (χ0n) is 7.73. The molecule has 3 rings (SSSR count). The standard InChI is InChI=1S/C10H11N3O/c11-10-7-2-4-13-3-1-5-14-8(6-12-10)9(7)13/h2,4,6H,1,3,5H2,(H2,11,12). The molecule has 0 aromatic carbocycles. The van der Waals surface area contributed by atoms with E-state index in [0.717, 1.165) is 36.2 Å². The summed E-state index contributed by atoms with van der Waals surface area (Å²) < 4.78 is 7.77. The molecular weight excluding hydrogens is 178 g/mol. The van der Waals surface area contributed by atoms with Gasteiger partial charge in [0.2, 0.25) is 0 Å². The highest BCUT2D eigenvalue weighted by Crippen LogP contribution is 2.31. The fraction of sp³-hybridized carbons (Fsp3) is 0.300. The first-order chi connectivity index (χ1) is 6.86. The molecule has 2 N–H and O–H groups in total. The zero-order valence-corrected chi connectivity index (χ0v) is 7.73. The van der Waals surface area contributed by atoms with Gasteiger partial charge in [0.05, 0.1) is 18.3 Å². The average Bonchev–Trinajstić information content (AvgIpc) is 2.51. The van der Waals surface area contributed by atoms with Gasteiger partial charge in [0.1, 0.15) is 5.82 Å². The van der Waals surface area contributed by atoms with Crippen LogP contribution < -0.4 is 10.5 Å². The van der Waals surface area contributed by atoms with Crippen LogP contribution >= 0.6 is 0 Å². The van der Waals surface area contributed by atoms with Crippen molar-refractivity contribution in [2.75, 3.05) is 12.3 Å². The van der Waals surface area contributed by atoms with E-state index in [1.807, 2.05) is 12.3 Å². The van der Waals surface area contributed by atoms with Crippen molar-refractivity contribution in [2.24, 2.45) is 0 Å². The molecule has 2 aromatic heterocycles. The fourth-order valence-electron chi connectivity index (χ4n) is 1.92. The van der Waals surface area contributed by atoms with Crippen LogP contribution in [0, 0.1) is 0 Å². The lowest BCUT2D eigenvalue weighted by atomic mass is 10.3. The second kappa shape index (κ2) is 2.64. The van der Waals surface area contributed by atoms with Gasteiger partial charge in [-0.3, -0.25) is 0 Å². The van der Waals surface area contributed by atoms with Crippen molar-refractivity contribution in [3.8, 4) is 5.75 Å². The van der Waals surface area contributed by atoms with E-state index in [9.17, 15) is 0 Å². The zero-order chi connectivity index (χ0) is 9.54. The van der Waals surface area contributed by atoms with Crippen molar-refractivity contribution in [3.63, 3.8) is 0 Å². The third-order valence-electron chi connectivity index (χ3n) is 2.59. The minimum Gasteiger partial charge on any atom is -0.490 e. The van der Waals surface area contributed by atoms with Crippen LogP contribution in [0.3, 0.4) is 0 Å². The fourth-order valence-corrected chi connectivity index (χ4v) is 1.92. The van der Waals surface area contributed by atoms with Crippen molar-refractivity contribution >= 4 is 16.7 Å². The summed E-state index contributed by atoms with van der Waals surface area (Å²) in [7, 11) is 0. The highest BCUT2D eigenvalue weighted by molar-refractivity contribution is 5.93. The normalized spacial score (nSPS) is 15.1. The van der Waals surface area contributed by atoms with Crippen molar-refractivity contribution < 1.29 is 4.74 Å². The number of pyridine rings is 1. The Morgan fingerprint density at radius 2 is 2.43 bits per heavy atom. The summed E-state index contributed by atoms with van der Waals surface area (Å²) in [5, 5.41) is 0.990. The highest BCUT2D eigenvalue weighted by atomic mass is 16.5. The molecule has 1 aliphatic heterocycles. The molecule has 4 heteroatoms. The van der Waals surface area contributed by atoms with Gasteiger partial charge in [0.15, 0.2) is 5.75 Å². The number of nitrogens with two attached hydrogens (primary N) is 1. The van der Waals surface area contributed by atoms with Crippen molar-refractivity contribution in [3.05, 3.63) is 18.5 Å². The number of hydrogen-bond donors (Lipinski definition) is 1. The summed E-state index contributed by atoms with van der Waals surface area (Å²) in [5.74, 6) is 1.42. The number of aromatic nitrogens is 2. The molecule has 0 aliphatic carbocycles. The number of aryl methyl sites for hydroxylation is 1. The Bertz CT molecular complexity index is 489. The minimum atomic E-state index is 0.577. The van der Waals surface area contributed by atoms with Crippen LogP contribution in [-0.4, -0.2) is 16.2 Å². The molecule has 2 aromatic rings. The van der Waals surface area contributed by atoms with E-state index in [1.54, 1.807) is 6.20 Å². The van der Waals surface area contributed by atoms with E-state index in [4.69, 9.17) is 10.5 Å². The van der Waals surface area contributed by atoms with Gasteiger partial charge in [-0.25, -0.2) is 4.98 Å². The van der Waals surface area contributed by atoms with Gasteiger partial charge in [-0.05, 0) is 12.5 Å². The number of anilines is 1. The van der Waals surface area contributed by atoms with Gasteiger partial charge in [-0.2, -0.15) is 0 Å². The van der Waals surface area contributed by atoms with Crippen molar-refractivity contribution in [1.29, 1.82) is 0 Å². The lowest BCUT2D eigenvalue weighted by Crippen LogP contribution is -1.97. The van der Waals surface area contributed by atoms with E-state index in [0.29, 0.717) is 5.82 Å². The smallest absolute Gasteiger partial charge is 0.161 e. The van der Waals surface area contributed by atoms with Crippen LogP contribution in [0.2, 0.25) is 0 Å². The first-order valence-corrected chi connectivity index (χ1v) is 4.72. The number of nitrogens with zero attached hydrogens (tertiary/aromatic N) is 2. The Morgan fingerprint density at radius 3 is 3.36 bits per heavy atom. The van der Waals surface area contributed by atoms with Gasteiger partial charge >= 0.3 is 0 Å². The molecule has 0 spiro atoms. The summed E-state index contributed by atoms with van der Waals surface area (Å²) in [5.41, 5.74) is 6.87. The van der Waals surface area contributed by atoms with Crippen LogP contribution in [0.15, 0.2) is 18.5 Å². The number of hydrogen-bond acceptors (Lipinski definition) is 3. The van der Waals surface area contributed by atoms with Crippen LogP contribution in [0.1, 0.15) is 6.42 Å². The molecule has 0 fully saturated rings. The molecule has 0 unspecified atom stereocenters. The maximum atomic E-state index is 5.79. The van der Waals surface area contributed by atoms with Gasteiger partial charge in [0.25, 0.3) is 0 Å². The first kappa shape index (κ1) is 7.67. The van der Waals surface area contributed by atoms with Crippen molar-refractivity contribution in [1.82, 2.24) is 9.55 Å². The van der Waals surface area contributed by atoms with Crippen LogP contribution in [0.4, 0.5) is 5.82 Å². The molecule has 3 heterocycles. The minimum absolute atomic E-state index is 0.577. The molecule has 0 bridgehead atoms. The average molecular weight is 189 g/mol. The number of ether oxygens (including phenoxy) is 1. The molecule has 14 heavy (non-hydrogen) atoms. The van der Waals surface area contributed by atoms with Crippen molar-refractivity contribution in [2.45, 2.75) is 13.0 Å². The first-order valence-electron chi connectivity index (χ1n) is 4.72. The van der Waals surface area contributed by atoms with E-state index in [1.165, 1.54) is 0 Å². The predicted molar refractivity (Wildman–Crippen MR) is 54.3 cm³/mol. The summed E-state index contributed by atoms with van der Waals surface area (Å²) >= 11 is 0. The lowest BCUT2D eigenvalue weighted by molar-refractivity contribution is 0.315. The molecule has 0 saturated heterocycles. The van der Waals surface area contributed by atoms with E-state index < -0.39 is 0 Å². The number of nitrogen functional groups attached to an aromatic ring is 1. The van der Waals surface area contributed by atoms with Gasteiger partial charge in [-0.15, -0.1) is 0 Å². The van der Waals surface area contributed by atoms with Crippen LogP contribution in [0.25, 0.3) is 10.9 Å². The summed E-state index contributed by atoms with van der Waals surface area (Å²) in [4.78, 5) is 4.11. The Labute approximate surface area is 81.3 Å². The van der Waals surface area contributed by atoms with Crippen LogP contribution in [-0.2, 0) is 6.54 Å². The Balaban J connectivity index is 2.41. The summed E-state index contributed by atoms with van der Waals surface area (Å²) in [6, 6.07) is 2.00. The van der Waals surface area contributed by atoms with E-state index in [2.05, 4.69) is 9.55 Å². The molecular formula is C10H11N3O. The molecule has 72 valence electrons. The molecule has 0 atom stereocenters. The second-order valence-electron chi connectivity index (χ2n) is 3.48. The topological polar surface area (TPSA) is 53.1 Å². The van der Waals surface area contributed by atoms with Gasteiger partial charge in [-0.1, -0.05) is 0 Å². The van der Waals surface area contributed by atoms with E-state index >= 15 is 0 Å². The molecule has 0 amide bonds. The quantitative estimate of drug-likeness (QED) is 0.681. The Morgan fingerprint density at radius 1 is 1.50 bits per heavy atom. The van der Waals surface area contributed by atoms with Gasteiger partial charge in [0, 0.05) is 18.1 Å². The highest BCUT2D eigenvalue weighted by Gasteiger charge is 2.13. The molecule has 4 nitrogen and oxygen atoms in total.